The van der Waals surface area contributed by atoms with Crippen LogP contribution in [-0.2, 0) is 13.6 Å². The third-order valence-corrected chi connectivity index (χ3v) is 5.31. The van der Waals surface area contributed by atoms with E-state index in [0.29, 0.717) is 13.2 Å². The Morgan fingerprint density at radius 1 is 1.18 bits per heavy atom. The average molecular weight is 277 g/mol. The monoisotopic (exact) mass is 276 g/mol. The second kappa shape index (κ2) is 6.55. The summed E-state index contributed by atoms with van der Waals surface area (Å²) in [5, 5.41) is -0.761. The molecule has 0 radical (unpaired) electrons. The largest absolute Gasteiger partial charge is 0.352 e. The van der Waals surface area contributed by atoms with Crippen LogP contribution >= 0.6 is 19.2 Å². The third kappa shape index (κ3) is 3.82. The summed E-state index contributed by atoms with van der Waals surface area (Å²) in [6, 6.07) is 7.54. The molecule has 1 unspecified atom stereocenters. The van der Waals surface area contributed by atoms with Crippen molar-refractivity contribution in [1.29, 1.82) is 0 Å². The Kier molecular flexibility index (Phi) is 5.68. The van der Waals surface area contributed by atoms with E-state index >= 15 is 0 Å². The summed E-state index contributed by atoms with van der Waals surface area (Å²) in [6.45, 7) is 6.14. The molecule has 96 valence electrons. The van der Waals surface area contributed by atoms with Gasteiger partial charge in [-0.2, -0.15) is 0 Å². The van der Waals surface area contributed by atoms with Gasteiger partial charge in [-0.05, 0) is 26.3 Å². The number of halogens is 1. The molecule has 1 atom stereocenters. The van der Waals surface area contributed by atoms with Crippen molar-refractivity contribution in [3.05, 3.63) is 35.4 Å². The van der Waals surface area contributed by atoms with Crippen LogP contribution in [0.15, 0.2) is 24.3 Å². The lowest BCUT2D eigenvalue weighted by Gasteiger charge is -2.22. The minimum atomic E-state index is -3.28. The summed E-state index contributed by atoms with van der Waals surface area (Å²) in [5.41, 5.74) is 1.88. The lowest BCUT2D eigenvalue weighted by molar-refractivity contribution is 0.218. The number of hydrogen-bond donors (Lipinski definition) is 0. The van der Waals surface area contributed by atoms with Gasteiger partial charge in [-0.15, -0.1) is 11.6 Å². The zero-order valence-corrected chi connectivity index (χ0v) is 12.0. The van der Waals surface area contributed by atoms with Gasteiger partial charge in [0.2, 0.25) is 0 Å². The van der Waals surface area contributed by atoms with Crippen LogP contribution in [0.5, 0.6) is 0 Å². The van der Waals surface area contributed by atoms with E-state index in [2.05, 4.69) is 0 Å². The molecule has 0 N–H and O–H groups in total. The molecule has 0 aromatic heterocycles. The molecule has 0 aliphatic heterocycles. The van der Waals surface area contributed by atoms with Gasteiger partial charge in [0, 0.05) is 0 Å². The Morgan fingerprint density at radius 2 is 1.65 bits per heavy atom. The predicted octanol–water partition coefficient (Wildman–Crippen LogP) is 4.50. The van der Waals surface area contributed by atoms with E-state index in [-0.39, 0.29) is 0 Å². The number of alkyl halides is 1. The fraction of sp³-hybridized carbons (Fsp3) is 0.500. The summed E-state index contributed by atoms with van der Waals surface area (Å²) in [4.78, 5) is 0. The van der Waals surface area contributed by atoms with E-state index in [1.807, 2.05) is 31.2 Å². The Balaban J connectivity index is 2.95. The van der Waals surface area contributed by atoms with E-state index in [0.717, 1.165) is 11.1 Å². The molecule has 0 amide bonds. The van der Waals surface area contributed by atoms with E-state index < -0.39 is 12.7 Å². The van der Waals surface area contributed by atoms with Crippen molar-refractivity contribution < 1.29 is 13.6 Å². The van der Waals surface area contributed by atoms with Crippen LogP contribution in [0.2, 0.25) is 0 Å². The van der Waals surface area contributed by atoms with Gasteiger partial charge in [0.15, 0.2) is 5.12 Å². The highest BCUT2D eigenvalue weighted by Crippen LogP contribution is 2.62. The molecule has 0 aliphatic rings. The SMILES string of the molecule is CCOP(=O)(OCC)C(Cl)c1ccc(C)cc1. The zero-order chi connectivity index (χ0) is 12.9. The van der Waals surface area contributed by atoms with Gasteiger partial charge < -0.3 is 9.05 Å². The van der Waals surface area contributed by atoms with Crippen molar-refractivity contribution in [2.75, 3.05) is 13.2 Å². The molecule has 0 aliphatic carbocycles. The molecule has 0 saturated heterocycles. The van der Waals surface area contributed by atoms with Crippen molar-refractivity contribution in [3.8, 4) is 0 Å². The van der Waals surface area contributed by atoms with E-state index in [9.17, 15) is 4.57 Å². The molecule has 0 saturated carbocycles. The first-order valence-electron chi connectivity index (χ1n) is 5.63. The van der Waals surface area contributed by atoms with Crippen LogP contribution in [-0.4, -0.2) is 13.2 Å². The molecule has 3 nitrogen and oxygen atoms in total. The van der Waals surface area contributed by atoms with Crippen molar-refractivity contribution in [2.45, 2.75) is 25.9 Å². The fourth-order valence-corrected chi connectivity index (χ4v) is 3.51. The first-order valence-corrected chi connectivity index (χ1v) is 7.67. The summed E-state index contributed by atoms with van der Waals surface area (Å²) < 4.78 is 22.9. The Labute approximate surface area is 108 Å². The molecule has 1 aromatic rings. The first-order chi connectivity index (χ1) is 8.03. The van der Waals surface area contributed by atoms with Gasteiger partial charge in [-0.3, -0.25) is 4.57 Å². The molecule has 5 heteroatoms. The topological polar surface area (TPSA) is 35.5 Å². The van der Waals surface area contributed by atoms with Crippen molar-refractivity contribution in [1.82, 2.24) is 0 Å². The maximum atomic E-state index is 12.4. The smallest absolute Gasteiger partial charge is 0.308 e. The molecule has 17 heavy (non-hydrogen) atoms. The second-order valence-electron chi connectivity index (χ2n) is 3.62. The lowest BCUT2D eigenvalue weighted by atomic mass is 10.2. The third-order valence-electron chi connectivity index (χ3n) is 2.25. The molecule has 1 aromatic carbocycles. The Morgan fingerprint density at radius 3 is 2.06 bits per heavy atom. The van der Waals surface area contributed by atoms with Crippen LogP contribution in [0.3, 0.4) is 0 Å². The first kappa shape index (κ1) is 14.7. The van der Waals surface area contributed by atoms with E-state index in [4.69, 9.17) is 20.6 Å². The van der Waals surface area contributed by atoms with Crippen molar-refractivity contribution in [3.63, 3.8) is 0 Å². The standard InChI is InChI=1S/C12H18ClO3P/c1-4-15-17(14,16-5-2)12(13)11-8-6-10(3)7-9-11/h6-9,12H,4-5H2,1-3H3. The molecule has 0 heterocycles. The maximum absolute atomic E-state index is 12.4. The summed E-state index contributed by atoms with van der Waals surface area (Å²) in [7, 11) is -3.28. The zero-order valence-electron chi connectivity index (χ0n) is 10.4. The van der Waals surface area contributed by atoms with Crippen LogP contribution in [0, 0.1) is 6.92 Å². The minimum Gasteiger partial charge on any atom is -0.308 e. The summed E-state index contributed by atoms with van der Waals surface area (Å²) >= 11 is 6.21. The number of aryl methyl sites for hydroxylation is 1. The number of benzene rings is 1. The van der Waals surface area contributed by atoms with Gasteiger partial charge in [0.25, 0.3) is 0 Å². The van der Waals surface area contributed by atoms with Gasteiger partial charge in [-0.1, -0.05) is 29.8 Å². The maximum Gasteiger partial charge on any atom is 0.352 e. The van der Waals surface area contributed by atoms with Crippen LogP contribution in [0.25, 0.3) is 0 Å². The van der Waals surface area contributed by atoms with E-state index in [1.54, 1.807) is 13.8 Å². The highest BCUT2D eigenvalue weighted by molar-refractivity contribution is 7.56. The average Bonchev–Trinajstić information content (AvgIpc) is 2.30. The highest BCUT2D eigenvalue weighted by atomic mass is 35.5. The van der Waals surface area contributed by atoms with Crippen molar-refractivity contribution >= 4 is 19.2 Å². The van der Waals surface area contributed by atoms with Gasteiger partial charge >= 0.3 is 7.60 Å². The highest BCUT2D eigenvalue weighted by Gasteiger charge is 2.35. The number of rotatable bonds is 6. The predicted molar refractivity (Wildman–Crippen MR) is 70.6 cm³/mol. The summed E-state index contributed by atoms with van der Waals surface area (Å²) in [5.74, 6) is 0. The van der Waals surface area contributed by atoms with Gasteiger partial charge in [0.1, 0.15) is 0 Å². The van der Waals surface area contributed by atoms with Crippen LogP contribution in [0.4, 0.5) is 0 Å². The summed E-state index contributed by atoms with van der Waals surface area (Å²) in [6.07, 6.45) is 0. The fourth-order valence-electron chi connectivity index (χ4n) is 1.44. The normalized spacial score (nSPS) is 13.6. The van der Waals surface area contributed by atoms with E-state index in [1.165, 1.54) is 0 Å². The molecule has 0 fully saturated rings. The minimum absolute atomic E-state index is 0.312. The van der Waals surface area contributed by atoms with Crippen molar-refractivity contribution in [2.24, 2.45) is 0 Å². The lowest BCUT2D eigenvalue weighted by Crippen LogP contribution is -2.02. The van der Waals surface area contributed by atoms with Crippen LogP contribution < -0.4 is 0 Å². The molecule has 1 rings (SSSR count). The van der Waals surface area contributed by atoms with Crippen LogP contribution in [0.1, 0.15) is 30.1 Å². The second-order valence-corrected chi connectivity index (χ2v) is 6.48. The Hall–Kier alpha value is -0.340. The molecule has 0 spiro atoms. The molecular weight excluding hydrogens is 259 g/mol. The van der Waals surface area contributed by atoms with Gasteiger partial charge in [-0.25, -0.2) is 0 Å². The quantitative estimate of drug-likeness (QED) is 0.567. The number of hydrogen-bond acceptors (Lipinski definition) is 3. The Bertz CT molecular complexity index is 381. The molecular formula is C12H18ClO3P. The van der Waals surface area contributed by atoms with Gasteiger partial charge in [0.05, 0.1) is 13.2 Å². The molecule has 0 bridgehead atoms.